The Morgan fingerprint density at radius 2 is 1.80 bits per heavy atom. The number of anilines is 2. The normalized spacial score (nSPS) is 17.1. The molecular weight excluding hydrogens is 447 g/mol. The first-order valence-electron chi connectivity index (χ1n) is 9.87. The summed E-state index contributed by atoms with van der Waals surface area (Å²) in [6, 6.07) is 6.03. The van der Waals surface area contributed by atoms with Crippen LogP contribution in [0.25, 0.3) is 0 Å². The van der Waals surface area contributed by atoms with E-state index in [1.165, 1.54) is 18.6 Å². The van der Waals surface area contributed by atoms with Gasteiger partial charge in [0.1, 0.15) is 10.7 Å². The van der Waals surface area contributed by atoms with Crippen LogP contribution in [0.2, 0.25) is 10.0 Å². The lowest BCUT2D eigenvalue weighted by atomic mass is 10.1. The molecule has 10 heteroatoms. The number of hydrogen-bond acceptors (Lipinski definition) is 5. The Morgan fingerprint density at radius 1 is 1.07 bits per heavy atom. The van der Waals surface area contributed by atoms with E-state index in [-0.39, 0.29) is 26.5 Å². The van der Waals surface area contributed by atoms with Gasteiger partial charge < -0.3 is 10.2 Å². The number of sulfonamides is 1. The maximum absolute atomic E-state index is 12.8. The third kappa shape index (κ3) is 4.88. The van der Waals surface area contributed by atoms with Crippen molar-refractivity contribution in [2.75, 3.05) is 23.3 Å². The van der Waals surface area contributed by atoms with Crippen molar-refractivity contribution in [1.29, 1.82) is 0 Å². The van der Waals surface area contributed by atoms with Gasteiger partial charge in [-0.05, 0) is 56.4 Å². The number of pyridine rings is 1. The third-order valence-corrected chi connectivity index (χ3v) is 7.44. The highest BCUT2D eigenvalue weighted by Gasteiger charge is 2.30. The maximum Gasteiger partial charge on any atom is 0.257 e. The molecule has 4 rings (SSSR count). The second kappa shape index (κ2) is 8.70. The van der Waals surface area contributed by atoms with Crippen molar-refractivity contribution in [3.8, 4) is 0 Å². The lowest BCUT2D eigenvalue weighted by molar-refractivity contribution is 0.102. The number of carbonyl (C=O) groups is 1. The van der Waals surface area contributed by atoms with Crippen molar-refractivity contribution >= 4 is 50.6 Å². The molecule has 2 aliphatic rings. The summed E-state index contributed by atoms with van der Waals surface area (Å²) in [7, 11) is -3.83. The third-order valence-electron chi connectivity index (χ3n) is 5.14. The van der Waals surface area contributed by atoms with Crippen LogP contribution < -0.4 is 14.9 Å². The summed E-state index contributed by atoms with van der Waals surface area (Å²) < 4.78 is 27.7. The van der Waals surface area contributed by atoms with Crippen molar-refractivity contribution in [2.45, 2.75) is 43.0 Å². The molecule has 0 unspecified atom stereocenters. The fourth-order valence-electron chi connectivity index (χ4n) is 3.36. The van der Waals surface area contributed by atoms with E-state index in [4.69, 9.17) is 23.2 Å². The molecule has 30 heavy (non-hydrogen) atoms. The summed E-state index contributed by atoms with van der Waals surface area (Å²) in [6.07, 6.45) is 6.70. The molecule has 0 radical (unpaired) electrons. The lowest BCUT2D eigenvalue weighted by Gasteiger charge is -2.27. The number of halogens is 2. The van der Waals surface area contributed by atoms with E-state index in [9.17, 15) is 13.2 Å². The second-order valence-corrected chi connectivity index (χ2v) is 10.1. The Labute approximate surface area is 185 Å². The highest BCUT2D eigenvalue weighted by Crippen LogP contribution is 2.31. The fourth-order valence-corrected chi connectivity index (χ4v) is 5.53. The van der Waals surface area contributed by atoms with E-state index in [1.54, 1.807) is 12.3 Å². The molecule has 1 amide bonds. The number of nitrogens with one attached hydrogen (secondary N) is 2. The topological polar surface area (TPSA) is 91.4 Å². The predicted octanol–water partition coefficient (Wildman–Crippen LogP) is 4.07. The molecule has 1 aromatic carbocycles. The van der Waals surface area contributed by atoms with Crippen LogP contribution in [-0.4, -0.2) is 38.4 Å². The van der Waals surface area contributed by atoms with Crippen LogP contribution in [0.3, 0.4) is 0 Å². The molecule has 0 spiro atoms. The van der Waals surface area contributed by atoms with Gasteiger partial charge in [-0.25, -0.2) is 18.1 Å². The minimum absolute atomic E-state index is 0.0253. The van der Waals surface area contributed by atoms with Crippen LogP contribution >= 0.6 is 23.2 Å². The zero-order valence-electron chi connectivity index (χ0n) is 16.2. The van der Waals surface area contributed by atoms with Crippen LogP contribution in [0.15, 0.2) is 35.4 Å². The van der Waals surface area contributed by atoms with Crippen LogP contribution in [0.1, 0.15) is 42.5 Å². The smallest absolute Gasteiger partial charge is 0.257 e. The van der Waals surface area contributed by atoms with Crippen molar-refractivity contribution in [3.63, 3.8) is 0 Å². The SMILES string of the molecule is O=C(Nc1ccc(N2CCCCC2)nc1)c1cc(S(=O)(=O)NC2CC2)c(Cl)cc1Cl. The number of hydrogen-bond donors (Lipinski definition) is 2. The fraction of sp³-hybridized carbons (Fsp3) is 0.400. The summed E-state index contributed by atoms with van der Waals surface area (Å²) in [5.74, 6) is 0.337. The van der Waals surface area contributed by atoms with Gasteiger partial charge in [0.2, 0.25) is 10.0 Å². The summed E-state index contributed by atoms with van der Waals surface area (Å²) >= 11 is 12.3. The van der Waals surface area contributed by atoms with Gasteiger partial charge in [0.25, 0.3) is 5.91 Å². The molecule has 2 aromatic rings. The summed E-state index contributed by atoms with van der Waals surface area (Å²) in [6.45, 7) is 1.95. The highest BCUT2D eigenvalue weighted by molar-refractivity contribution is 7.89. The highest BCUT2D eigenvalue weighted by atomic mass is 35.5. The minimum atomic E-state index is -3.83. The molecule has 0 bridgehead atoms. The average Bonchev–Trinajstić information content (AvgIpc) is 3.52. The summed E-state index contributed by atoms with van der Waals surface area (Å²) in [5.41, 5.74) is 0.518. The van der Waals surface area contributed by atoms with Crippen molar-refractivity contribution < 1.29 is 13.2 Å². The molecule has 2 fully saturated rings. The van der Waals surface area contributed by atoms with Crippen LogP contribution in [0.4, 0.5) is 11.5 Å². The zero-order valence-corrected chi connectivity index (χ0v) is 18.5. The van der Waals surface area contributed by atoms with Crippen LogP contribution in [0.5, 0.6) is 0 Å². The quantitative estimate of drug-likeness (QED) is 0.666. The van der Waals surface area contributed by atoms with Gasteiger partial charge in [-0.3, -0.25) is 4.79 Å². The minimum Gasteiger partial charge on any atom is -0.357 e. The molecule has 1 aliphatic heterocycles. The number of aromatic nitrogens is 1. The first-order valence-corrected chi connectivity index (χ1v) is 12.1. The first kappa shape index (κ1) is 21.4. The molecule has 1 saturated carbocycles. The largest absolute Gasteiger partial charge is 0.357 e. The Kier molecular flexibility index (Phi) is 6.20. The van der Waals surface area contributed by atoms with Crippen molar-refractivity contribution in [3.05, 3.63) is 46.1 Å². The van der Waals surface area contributed by atoms with Gasteiger partial charge >= 0.3 is 0 Å². The Balaban J connectivity index is 1.52. The molecule has 0 atom stereocenters. The number of nitrogens with zero attached hydrogens (tertiary/aromatic N) is 2. The number of benzene rings is 1. The molecular formula is C20H22Cl2N4O3S. The molecule has 1 saturated heterocycles. The molecule has 1 aromatic heterocycles. The molecule has 2 heterocycles. The number of rotatable bonds is 6. The van der Waals surface area contributed by atoms with Gasteiger partial charge in [-0.15, -0.1) is 0 Å². The van der Waals surface area contributed by atoms with Gasteiger partial charge in [-0.2, -0.15) is 0 Å². The average molecular weight is 469 g/mol. The number of carbonyl (C=O) groups excluding carboxylic acids is 1. The Bertz CT molecular complexity index is 1050. The molecule has 7 nitrogen and oxygen atoms in total. The van der Waals surface area contributed by atoms with Crippen molar-refractivity contribution in [1.82, 2.24) is 9.71 Å². The van der Waals surface area contributed by atoms with Crippen LogP contribution in [0, 0.1) is 0 Å². The summed E-state index contributed by atoms with van der Waals surface area (Å²) in [4.78, 5) is 19.2. The standard InChI is InChI=1S/C20H22Cl2N4O3S/c21-16-11-17(22)18(30(28,29)25-13-4-5-13)10-15(16)20(27)24-14-6-7-19(23-12-14)26-8-2-1-3-9-26/h6-7,10-13,25H,1-5,8-9H2,(H,24,27). The van der Waals surface area contributed by atoms with Crippen LogP contribution in [-0.2, 0) is 10.0 Å². The first-order chi connectivity index (χ1) is 14.3. The lowest BCUT2D eigenvalue weighted by Crippen LogP contribution is -2.30. The Morgan fingerprint density at radius 3 is 2.43 bits per heavy atom. The van der Waals surface area contributed by atoms with Crippen molar-refractivity contribution in [2.24, 2.45) is 0 Å². The summed E-state index contributed by atoms with van der Waals surface area (Å²) in [5, 5.41) is 2.76. The van der Waals surface area contributed by atoms with Gasteiger partial charge in [0.15, 0.2) is 0 Å². The van der Waals surface area contributed by atoms with E-state index in [0.717, 1.165) is 44.6 Å². The van der Waals surface area contributed by atoms with E-state index >= 15 is 0 Å². The molecule has 160 valence electrons. The Hall–Kier alpha value is -1.87. The van der Waals surface area contributed by atoms with E-state index in [1.807, 2.05) is 6.07 Å². The van der Waals surface area contributed by atoms with E-state index < -0.39 is 15.9 Å². The second-order valence-electron chi connectivity index (χ2n) is 7.56. The molecule has 2 N–H and O–H groups in total. The van der Waals surface area contributed by atoms with Gasteiger partial charge in [0, 0.05) is 19.1 Å². The monoisotopic (exact) mass is 468 g/mol. The predicted molar refractivity (Wildman–Crippen MR) is 118 cm³/mol. The van der Waals surface area contributed by atoms with E-state index in [0.29, 0.717) is 5.69 Å². The van der Waals surface area contributed by atoms with E-state index in [2.05, 4.69) is 19.9 Å². The van der Waals surface area contributed by atoms with Gasteiger partial charge in [-0.1, -0.05) is 23.2 Å². The number of piperidine rings is 1. The molecule has 1 aliphatic carbocycles. The maximum atomic E-state index is 12.8. The zero-order chi connectivity index (χ0) is 21.3. The van der Waals surface area contributed by atoms with Gasteiger partial charge in [0.05, 0.1) is 27.5 Å². The number of amides is 1.